The summed E-state index contributed by atoms with van der Waals surface area (Å²) in [4.78, 5) is 40.7. The number of carboxylic acids is 1. The number of hydrogen-bond acceptors (Lipinski definition) is 8. The number of aromatic nitrogens is 2. The fourth-order valence-electron chi connectivity index (χ4n) is 3.91. The summed E-state index contributed by atoms with van der Waals surface area (Å²) < 4.78 is 33.9. The van der Waals surface area contributed by atoms with Gasteiger partial charge < -0.3 is 9.84 Å². The lowest BCUT2D eigenvalue weighted by molar-refractivity contribution is 0.0692. The molecule has 0 aliphatic heterocycles. The molecule has 2 N–H and O–H groups in total. The molecule has 4 rings (SSSR count). The summed E-state index contributed by atoms with van der Waals surface area (Å²) in [5, 5.41) is 14.7. The Kier molecular flexibility index (Phi) is 9.10. The zero-order valence-corrected chi connectivity index (χ0v) is 23.7. The van der Waals surface area contributed by atoms with Gasteiger partial charge in [-0.15, -0.1) is 0 Å². The Bertz CT molecular complexity index is 1780. The van der Waals surface area contributed by atoms with E-state index in [1.54, 1.807) is 60.1 Å². The van der Waals surface area contributed by atoms with Crippen LogP contribution in [0.5, 0.6) is 0 Å². The monoisotopic (exact) mass is 594 g/mol. The number of nitrogens with one attached hydrogen (secondary N) is 1. The molecule has 0 aliphatic rings. The van der Waals surface area contributed by atoms with Gasteiger partial charge in [-0.05, 0) is 42.7 Å². The van der Waals surface area contributed by atoms with Gasteiger partial charge in [0.05, 0.1) is 29.2 Å². The molecule has 0 atom stereocenters. The minimum absolute atomic E-state index is 0.0200. The topological polar surface area (TPSA) is 157 Å². The maximum absolute atomic E-state index is 12.9. The highest BCUT2D eigenvalue weighted by Crippen LogP contribution is 2.27. The number of amides is 2. The highest BCUT2D eigenvalue weighted by atomic mass is 32.2. The normalized spacial score (nSPS) is 11.7. The average Bonchev–Trinajstić information content (AvgIpc) is 3.34. The van der Waals surface area contributed by atoms with Crippen molar-refractivity contribution in [3.63, 3.8) is 0 Å². The molecule has 0 bridgehead atoms. The lowest BCUT2D eigenvalue weighted by Crippen LogP contribution is -2.31. The van der Waals surface area contributed by atoms with Gasteiger partial charge in [-0.25, -0.2) is 27.4 Å². The predicted molar refractivity (Wildman–Crippen MR) is 151 cm³/mol. The smallest absolute Gasteiger partial charge is 0.421 e. The van der Waals surface area contributed by atoms with Gasteiger partial charge in [0, 0.05) is 5.56 Å². The number of aromatic carboxylic acids is 1. The van der Waals surface area contributed by atoms with E-state index >= 15 is 0 Å². The number of hydrogen-bond donors (Lipinski definition) is 2. The molecule has 0 fully saturated rings. The van der Waals surface area contributed by atoms with Crippen molar-refractivity contribution in [3.8, 4) is 11.1 Å². The van der Waals surface area contributed by atoms with Crippen molar-refractivity contribution in [2.75, 3.05) is 6.61 Å². The third-order valence-electron chi connectivity index (χ3n) is 5.82. The van der Waals surface area contributed by atoms with Crippen LogP contribution in [0.25, 0.3) is 11.1 Å². The van der Waals surface area contributed by atoms with Gasteiger partial charge >= 0.3 is 12.1 Å². The van der Waals surface area contributed by atoms with Gasteiger partial charge in [-0.2, -0.15) is 10.1 Å². The Morgan fingerprint density at radius 2 is 1.63 bits per heavy atom. The van der Waals surface area contributed by atoms with E-state index in [9.17, 15) is 27.9 Å². The van der Waals surface area contributed by atoms with Crippen LogP contribution in [-0.4, -0.2) is 47.9 Å². The quantitative estimate of drug-likeness (QED) is 0.293. The van der Waals surface area contributed by atoms with Gasteiger partial charge in [0.15, 0.2) is 0 Å². The molecular weight excluding hydrogens is 568 g/mol. The molecule has 3 aromatic carbocycles. The maximum atomic E-state index is 12.9. The van der Waals surface area contributed by atoms with E-state index in [1.165, 1.54) is 35.6 Å². The van der Waals surface area contributed by atoms with Gasteiger partial charge in [-0.3, -0.25) is 4.79 Å². The third kappa shape index (κ3) is 6.94. The predicted octanol–water partition coefficient (Wildman–Crippen LogP) is 4.10. The largest absolute Gasteiger partial charge is 0.478 e. The van der Waals surface area contributed by atoms with Crippen molar-refractivity contribution in [1.29, 1.82) is 0 Å². The zero-order valence-electron chi connectivity index (χ0n) is 22.1. The number of rotatable bonds is 9. The van der Waals surface area contributed by atoms with E-state index in [4.69, 9.17) is 4.74 Å². The summed E-state index contributed by atoms with van der Waals surface area (Å²) in [5.41, 5.74) is 1.63. The third-order valence-corrected chi connectivity index (χ3v) is 8.28. The van der Waals surface area contributed by atoms with Crippen LogP contribution in [0, 0.1) is 0 Å². The van der Waals surface area contributed by atoms with Crippen LogP contribution >= 0.6 is 11.3 Å². The lowest BCUT2D eigenvalue weighted by atomic mass is 10.0. The number of ether oxygens (including phenoxy) is 1. The van der Waals surface area contributed by atoms with Gasteiger partial charge in [-0.1, -0.05) is 72.9 Å². The van der Waals surface area contributed by atoms with Crippen molar-refractivity contribution in [2.45, 2.75) is 31.7 Å². The van der Waals surface area contributed by atoms with Crippen LogP contribution in [0.3, 0.4) is 0 Å². The van der Waals surface area contributed by atoms with Crippen LogP contribution in [0.15, 0.2) is 82.7 Å². The number of carboxylic acid groups (broad SMARTS) is 1. The molecule has 0 radical (unpaired) electrons. The van der Waals surface area contributed by atoms with Gasteiger partial charge in [0.1, 0.15) is 5.01 Å². The molecule has 0 saturated heterocycles. The first-order valence-corrected chi connectivity index (χ1v) is 14.8. The Labute approximate surface area is 239 Å². The first-order valence-electron chi connectivity index (χ1n) is 12.5. The van der Waals surface area contributed by atoms with E-state index < -0.39 is 28.0 Å². The first-order chi connectivity index (χ1) is 19.6. The molecular formula is C28H26N4O7S2. The van der Waals surface area contributed by atoms with Crippen LogP contribution in [0.1, 0.15) is 45.1 Å². The minimum atomic E-state index is -4.19. The molecule has 0 saturated carbocycles. The van der Waals surface area contributed by atoms with Gasteiger partial charge in [0.2, 0.25) is 4.80 Å². The summed E-state index contributed by atoms with van der Waals surface area (Å²) >= 11 is 1.23. The van der Waals surface area contributed by atoms with Crippen molar-refractivity contribution >= 4 is 39.3 Å². The van der Waals surface area contributed by atoms with Gasteiger partial charge in [0.25, 0.3) is 15.9 Å². The fourth-order valence-corrected chi connectivity index (χ4v) is 5.87. The number of carbonyl (C=O) groups is 3. The fraction of sp³-hybridized carbons (Fsp3) is 0.179. The summed E-state index contributed by atoms with van der Waals surface area (Å²) in [6.07, 6.45) is -0.444. The second-order valence-corrected chi connectivity index (χ2v) is 11.3. The van der Waals surface area contributed by atoms with Crippen molar-refractivity contribution in [3.05, 3.63) is 99.3 Å². The summed E-state index contributed by atoms with van der Waals surface area (Å²) in [5.74, 6) is -1.91. The molecule has 1 heterocycles. The molecule has 41 heavy (non-hydrogen) atoms. The highest BCUT2D eigenvalue weighted by molar-refractivity contribution is 7.90. The van der Waals surface area contributed by atoms with Crippen molar-refractivity contribution in [2.24, 2.45) is 4.99 Å². The number of sulfonamides is 1. The molecule has 0 spiro atoms. The number of aryl methyl sites for hydroxylation is 1. The van der Waals surface area contributed by atoms with E-state index in [0.717, 1.165) is 10.6 Å². The second kappa shape index (κ2) is 12.7. The number of carbonyl (C=O) groups excluding carboxylic acids is 2. The minimum Gasteiger partial charge on any atom is -0.478 e. The van der Waals surface area contributed by atoms with E-state index in [1.807, 2.05) is 11.6 Å². The number of benzene rings is 3. The molecule has 4 aromatic rings. The Morgan fingerprint density at radius 1 is 0.976 bits per heavy atom. The van der Waals surface area contributed by atoms with E-state index in [2.05, 4.69) is 10.1 Å². The molecule has 13 heteroatoms. The van der Waals surface area contributed by atoms with Crippen LogP contribution in [0.4, 0.5) is 4.79 Å². The van der Waals surface area contributed by atoms with Crippen LogP contribution in [0.2, 0.25) is 0 Å². The van der Waals surface area contributed by atoms with E-state index in [-0.39, 0.29) is 29.2 Å². The average molecular weight is 595 g/mol. The summed E-state index contributed by atoms with van der Waals surface area (Å²) in [7, 11) is -4.19. The summed E-state index contributed by atoms with van der Waals surface area (Å²) in [6, 6.07) is 19.2. The molecule has 0 unspecified atom stereocenters. The second-order valence-electron chi connectivity index (χ2n) is 8.58. The van der Waals surface area contributed by atoms with Crippen molar-refractivity contribution in [1.82, 2.24) is 14.5 Å². The van der Waals surface area contributed by atoms with Crippen LogP contribution in [-0.2, 0) is 27.7 Å². The number of nitrogens with zero attached hydrogens (tertiary/aromatic N) is 3. The van der Waals surface area contributed by atoms with Crippen molar-refractivity contribution < 1.29 is 32.6 Å². The Balaban J connectivity index is 1.63. The van der Waals surface area contributed by atoms with E-state index in [0.29, 0.717) is 22.3 Å². The molecule has 2 amide bonds. The lowest BCUT2D eigenvalue weighted by Gasteiger charge is -2.12. The first kappa shape index (κ1) is 29.4. The zero-order chi connectivity index (χ0) is 29.6. The Hall–Kier alpha value is -4.62. The highest BCUT2D eigenvalue weighted by Gasteiger charge is 2.22. The SMILES string of the molecule is CCOC(=O)NS(=O)(=O)c1ccccc1-c1ccc(Cn2nc(CC)sc2=NC(=O)c2ccccc2C(=O)O)cc1. The molecule has 1 aromatic heterocycles. The molecule has 11 nitrogen and oxygen atoms in total. The standard InChI is InChI=1S/C28H26N4O7S2/c1-3-24-30-32(27(40-24)29-25(33)21-10-5-6-11-22(21)26(34)35)17-18-13-15-19(16-14-18)20-9-7-8-12-23(20)41(37,38)31-28(36)39-4-2/h5-16H,3-4,17H2,1-2H3,(H,31,36)(H,34,35). The summed E-state index contributed by atoms with van der Waals surface area (Å²) in [6.45, 7) is 3.78. The molecule has 0 aliphatic carbocycles. The molecule has 212 valence electrons. The Morgan fingerprint density at radius 3 is 2.29 bits per heavy atom. The van der Waals surface area contributed by atoms with Crippen LogP contribution < -0.4 is 9.52 Å². The maximum Gasteiger partial charge on any atom is 0.421 e.